The molecule has 6 heteroatoms. The Kier molecular flexibility index (Phi) is 5.26. The van der Waals surface area contributed by atoms with Crippen molar-refractivity contribution in [2.24, 2.45) is 0 Å². The van der Waals surface area contributed by atoms with Crippen LogP contribution in [0, 0.1) is 0 Å². The highest BCUT2D eigenvalue weighted by Crippen LogP contribution is 2.46. The van der Waals surface area contributed by atoms with E-state index in [-0.39, 0.29) is 6.61 Å². The van der Waals surface area contributed by atoms with E-state index in [1.165, 1.54) is 11.1 Å². The first-order valence-electron chi connectivity index (χ1n) is 9.65. The fourth-order valence-electron chi connectivity index (χ4n) is 4.06. The van der Waals surface area contributed by atoms with Crippen LogP contribution >= 0.6 is 0 Å². The predicted octanol–water partition coefficient (Wildman–Crippen LogP) is 0.997. The lowest BCUT2D eigenvalue weighted by Gasteiger charge is -2.46. The summed E-state index contributed by atoms with van der Waals surface area (Å²) in [7, 11) is 0. The lowest BCUT2D eigenvalue weighted by molar-refractivity contribution is -0.368. The Morgan fingerprint density at radius 3 is 2.32 bits per heavy atom. The summed E-state index contributed by atoms with van der Waals surface area (Å²) in [6, 6.07) is 14.3. The molecule has 6 nitrogen and oxygen atoms in total. The van der Waals surface area contributed by atoms with E-state index in [0.717, 1.165) is 17.5 Å². The van der Waals surface area contributed by atoms with Gasteiger partial charge in [0.2, 0.25) is 5.79 Å². The average molecular weight is 386 g/mol. The van der Waals surface area contributed by atoms with Crippen molar-refractivity contribution in [1.82, 2.24) is 0 Å². The molecule has 0 bridgehead atoms. The van der Waals surface area contributed by atoms with Crippen molar-refractivity contribution in [3.8, 4) is 0 Å². The van der Waals surface area contributed by atoms with Crippen molar-refractivity contribution >= 4 is 0 Å². The van der Waals surface area contributed by atoms with Crippen molar-refractivity contribution in [3.63, 3.8) is 0 Å². The zero-order valence-electron chi connectivity index (χ0n) is 15.8. The van der Waals surface area contributed by atoms with Crippen LogP contribution in [0.15, 0.2) is 42.5 Å². The number of hydrogen-bond donors (Lipinski definition) is 4. The van der Waals surface area contributed by atoms with Crippen molar-refractivity contribution in [1.29, 1.82) is 0 Å². The number of aliphatic hydroxyl groups is 4. The summed E-state index contributed by atoms with van der Waals surface area (Å²) in [5.41, 5.74) is 4.95. The number of hydrogen-bond acceptors (Lipinski definition) is 6. The molecule has 0 aliphatic carbocycles. The van der Waals surface area contributed by atoms with Crippen LogP contribution in [0.2, 0.25) is 0 Å². The normalized spacial score (nSPS) is 31.9. The largest absolute Gasteiger partial charge is 0.394 e. The van der Waals surface area contributed by atoms with Crippen LogP contribution in [-0.4, -0.2) is 51.4 Å². The van der Waals surface area contributed by atoms with Gasteiger partial charge in [0.1, 0.15) is 24.4 Å². The molecule has 2 aliphatic rings. The summed E-state index contributed by atoms with van der Waals surface area (Å²) in [6.45, 7) is 1.85. The third-order valence-electron chi connectivity index (χ3n) is 5.78. The minimum Gasteiger partial charge on any atom is -0.394 e. The SMILES string of the molecule is CCc1ccc(Cc2ccc3c(c2)[C@]2(OC3)OC(CO)C(O)C(O)C2O)cc1. The Balaban J connectivity index is 1.66. The van der Waals surface area contributed by atoms with E-state index < -0.39 is 36.8 Å². The molecule has 1 spiro atoms. The maximum absolute atomic E-state index is 10.7. The summed E-state index contributed by atoms with van der Waals surface area (Å²) in [6.07, 6.45) is -3.69. The van der Waals surface area contributed by atoms with Crippen molar-refractivity contribution < 1.29 is 29.9 Å². The Morgan fingerprint density at radius 2 is 1.64 bits per heavy atom. The summed E-state index contributed by atoms with van der Waals surface area (Å²) in [5, 5.41) is 40.5. The molecule has 28 heavy (non-hydrogen) atoms. The number of aryl methyl sites for hydroxylation is 1. The lowest BCUT2D eigenvalue weighted by Crippen LogP contribution is -2.63. The molecule has 0 amide bonds. The Bertz CT molecular complexity index is 833. The molecule has 4 N–H and O–H groups in total. The second-order valence-electron chi connectivity index (χ2n) is 7.56. The molecule has 5 atom stereocenters. The van der Waals surface area contributed by atoms with Gasteiger partial charge < -0.3 is 29.9 Å². The van der Waals surface area contributed by atoms with E-state index in [2.05, 4.69) is 31.2 Å². The zero-order valence-corrected chi connectivity index (χ0v) is 15.8. The Hall–Kier alpha value is -1.80. The third-order valence-corrected chi connectivity index (χ3v) is 5.78. The lowest BCUT2D eigenvalue weighted by atomic mass is 9.86. The molecule has 0 aromatic heterocycles. The fourth-order valence-corrected chi connectivity index (χ4v) is 4.06. The first-order valence-corrected chi connectivity index (χ1v) is 9.65. The molecule has 2 heterocycles. The molecule has 1 fully saturated rings. The van der Waals surface area contributed by atoms with Gasteiger partial charge in [0.25, 0.3) is 0 Å². The maximum Gasteiger partial charge on any atom is 0.225 e. The zero-order chi connectivity index (χ0) is 19.9. The van der Waals surface area contributed by atoms with Gasteiger partial charge in [0.05, 0.1) is 13.2 Å². The molecular weight excluding hydrogens is 360 g/mol. The molecule has 4 unspecified atom stereocenters. The summed E-state index contributed by atoms with van der Waals surface area (Å²) in [4.78, 5) is 0. The van der Waals surface area contributed by atoms with Crippen LogP contribution in [0.1, 0.15) is 34.7 Å². The molecule has 2 aromatic carbocycles. The summed E-state index contributed by atoms with van der Waals surface area (Å²) in [5.74, 6) is -1.59. The van der Waals surface area contributed by atoms with E-state index in [0.29, 0.717) is 12.0 Å². The van der Waals surface area contributed by atoms with E-state index >= 15 is 0 Å². The Morgan fingerprint density at radius 1 is 0.964 bits per heavy atom. The molecule has 0 radical (unpaired) electrons. The number of fused-ring (bicyclic) bond motifs is 2. The molecular formula is C22H26O6. The van der Waals surface area contributed by atoms with Crippen LogP contribution in [-0.2, 0) is 34.7 Å². The number of aliphatic hydroxyl groups excluding tert-OH is 4. The standard InChI is InChI=1S/C22H26O6/c1-2-13-3-5-14(6-4-13)9-15-7-8-16-12-27-22(17(16)10-15)21(26)20(25)19(24)18(11-23)28-22/h3-8,10,18-21,23-26H,2,9,11-12H2,1H3/t18?,19?,20?,21?,22-/m0/s1. The number of rotatable bonds is 4. The van der Waals surface area contributed by atoms with Crippen molar-refractivity contribution in [2.75, 3.05) is 6.61 Å². The minimum atomic E-state index is -1.59. The monoisotopic (exact) mass is 386 g/mol. The van der Waals surface area contributed by atoms with Gasteiger partial charge in [-0.25, -0.2) is 0 Å². The van der Waals surface area contributed by atoms with Gasteiger partial charge in [0, 0.05) is 5.56 Å². The van der Waals surface area contributed by atoms with Crippen LogP contribution < -0.4 is 0 Å². The maximum atomic E-state index is 10.7. The van der Waals surface area contributed by atoms with Gasteiger partial charge in [-0.1, -0.05) is 43.3 Å². The van der Waals surface area contributed by atoms with Crippen LogP contribution in [0.5, 0.6) is 0 Å². The van der Waals surface area contributed by atoms with Crippen molar-refractivity contribution in [3.05, 3.63) is 70.3 Å². The first kappa shape index (κ1) is 19.5. The van der Waals surface area contributed by atoms with Gasteiger partial charge in [-0.3, -0.25) is 0 Å². The highest BCUT2D eigenvalue weighted by atomic mass is 16.7. The minimum absolute atomic E-state index is 0.221. The Labute approximate surface area is 164 Å². The van der Waals surface area contributed by atoms with Gasteiger partial charge in [-0.15, -0.1) is 0 Å². The quantitative estimate of drug-likeness (QED) is 0.626. The highest BCUT2D eigenvalue weighted by Gasteiger charge is 2.58. The second kappa shape index (κ2) is 7.55. The summed E-state index contributed by atoms with van der Waals surface area (Å²) >= 11 is 0. The molecule has 0 saturated carbocycles. The predicted molar refractivity (Wildman–Crippen MR) is 102 cm³/mol. The molecule has 150 valence electrons. The average Bonchev–Trinajstić information content (AvgIpc) is 3.08. The number of ether oxygens (including phenoxy) is 2. The fraction of sp³-hybridized carbons (Fsp3) is 0.455. The van der Waals surface area contributed by atoms with E-state index in [4.69, 9.17) is 9.47 Å². The van der Waals surface area contributed by atoms with E-state index in [1.807, 2.05) is 18.2 Å². The molecule has 2 aromatic rings. The van der Waals surface area contributed by atoms with Gasteiger partial charge in [-0.2, -0.15) is 0 Å². The van der Waals surface area contributed by atoms with Gasteiger partial charge >= 0.3 is 0 Å². The smallest absolute Gasteiger partial charge is 0.225 e. The van der Waals surface area contributed by atoms with Crippen LogP contribution in [0.4, 0.5) is 0 Å². The molecule has 1 saturated heterocycles. The van der Waals surface area contributed by atoms with E-state index in [1.54, 1.807) is 0 Å². The van der Waals surface area contributed by atoms with E-state index in [9.17, 15) is 20.4 Å². The first-order chi connectivity index (χ1) is 13.5. The van der Waals surface area contributed by atoms with Gasteiger partial charge in [0.15, 0.2) is 0 Å². The topological polar surface area (TPSA) is 99.4 Å². The second-order valence-corrected chi connectivity index (χ2v) is 7.56. The van der Waals surface area contributed by atoms with Crippen molar-refractivity contribution in [2.45, 2.75) is 56.6 Å². The summed E-state index contributed by atoms with van der Waals surface area (Å²) < 4.78 is 11.6. The van der Waals surface area contributed by atoms with Gasteiger partial charge in [-0.05, 0) is 41.2 Å². The third kappa shape index (κ3) is 3.16. The van der Waals surface area contributed by atoms with Crippen LogP contribution in [0.25, 0.3) is 0 Å². The van der Waals surface area contributed by atoms with Crippen LogP contribution in [0.3, 0.4) is 0 Å². The highest BCUT2D eigenvalue weighted by molar-refractivity contribution is 5.41. The number of benzene rings is 2. The molecule has 2 aliphatic heterocycles. The molecule has 4 rings (SSSR count).